The van der Waals surface area contributed by atoms with Crippen LogP contribution in [0, 0.1) is 12.3 Å². The van der Waals surface area contributed by atoms with Crippen molar-refractivity contribution in [2.45, 2.75) is 4.90 Å². The van der Waals surface area contributed by atoms with Gasteiger partial charge in [0.25, 0.3) is 10.0 Å². The Hall–Kier alpha value is -1.65. The summed E-state index contributed by atoms with van der Waals surface area (Å²) in [4.78, 5) is 11.4. The van der Waals surface area contributed by atoms with E-state index in [1.165, 1.54) is 24.3 Å². The molecule has 0 saturated heterocycles. The van der Waals surface area contributed by atoms with Crippen LogP contribution in [0.3, 0.4) is 0 Å². The first kappa shape index (κ1) is 14.4. The molecule has 0 radical (unpaired) electrons. The maximum atomic E-state index is 11.6. The second kappa shape index (κ2) is 6.33. The molecular formula is C11H11NO4S2. The first-order valence-electron chi connectivity index (χ1n) is 4.78. The van der Waals surface area contributed by atoms with Crippen molar-refractivity contribution in [3.8, 4) is 12.3 Å². The van der Waals surface area contributed by atoms with Gasteiger partial charge in [-0.15, -0.1) is 10.2 Å². The molecule has 0 heterocycles. The molecule has 0 saturated carbocycles. The van der Waals surface area contributed by atoms with Crippen molar-refractivity contribution in [3.63, 3.8) is 0 Å². The van der Waals surface area contributed by atoms with Gasteiger partial charge in [0.15, 0.2) is 6.61 Å². The van der Waals surface area contributed by atoms with E-state index < -0.39 is 16.0 Å². The number of nitrogens with zero attached hydrogens (tertiary/aromatic N) is 1. The van der Waals surface area contributed by atoms with E-state index in [0.717, 1.165) is 0 Å². The Labute approximate surface area is 109 Å². The highest BCUT2D eigenvalue weighted by Crippen LogP contribution is 2.13. The average molecular weight is 285 g/mol. The Bertz CT molecular complexity index is 597. The van der Waals surface area contributed by atoms with Gasteiger partial charge in [-0.1, -0.05) is 17.5 Å². The molecular weight excluding hydrogens is 274 g/mol. The van der Waals surface area contributed by atoms with Crippen LogP contribution in [0.2, 0.25) is 0 Å². The minimum absolute atomic E-state index is 0.0327. The van der Waals surface area contributed by atoms with Crippen LogP contribution in [-0.4, -0.2) is 27.2 Å². The maximum absolute atomic E-state index is 11.6. The standard InChI is InChI=1S/C11H11NO4S2/c1-3-8-16-11(13)9-4-6-10(7-5-9)18(14,15)12-17-2/h1,4-7,17H,8H2,2H3. The molecule has 7 heteroatoms. The molecule has 1 aromatic carbocycles. The smallest absolute Gasteiger partial charge is 0.339 e. The molecule has 0 spiro atoms. The minimum atomic E-state index is -3.64. The van der Waals surface area contributed by atoms with Gasteiger partial charge in [0.1, 0.15) is 0 Å². The number of thiol groups is 1. The zero-order chi connectivity index (χ0) is 13.6. The third-order valence-corrected chi connectivity index (χ3v) is 4.24. The van der Waals surface area contributed by atoms with Crippen LogP contribution in [0.15, 0.2) is 32.9 Å². The van der Waals surface area contributed by atoms with Crippen molar-refractivity contribution in [1.82, 2.24) is 0 Å². The van der Waals surface area contributed by atoms with E-state index in [9.17, 15) is 13.2 Å². The third kappa shape index (κ3) is 3.68. The summed E-state index contributed by atoms with van der Waals surface area (Å²) < 4.78 is 31.3. The molecule has 0 aliphatic heterocycles. The van der Waals surface area contributed by atoms with Gasteiger partial charge in [-0.2, -0.15) is 8.42 Å². The average Bonchev–Trinajstić information content (AvgIpc) is 2.36. The van der Waals surface area contributed by atoms with Crippen LogP contribution in [0.5, 0.6) is 0 Å². The number of sulfonamides is 1. The van der Waals surface area contributed by atoms with E-state index >= 15 is 0 Å². The third-order valence-electron chi connectivity index (χ3n) is 1.86. The minimum Gasteiger partial charge on any atom is -0.449 e. The molecule has 0 amide bonds. The summed E-state index contributed by atoms with van der Waals surface area (Å²) in [5, 5.41) is 0. The normalized spacial score (nSPS) is 11.6. The fourth-order valence-electron chi connectivity index (χ4n) is 1.11. The zero-order valence-electron chi connectivity index (χ0n) is 9.53. The van der Waals surface area contributed by atoms with Crippen LogP contribution >= 0.6 is 0 Å². The van der Waals surface area contributed by atoms with Crippen molar-refractivity contribution in [3.05, 3.63) is 29.8 Å². The monoisotopic (exact) mass is 285 g/mol. The molecule has 18 heavy (non-hydrogen) atoms. The van der Waals surface area contributed by atoms with Gasteiger partial charge in [0, 0.05) is 0 Å². The van der Waals surface area contributed by atoms with Crippen molar-refractivity contribution in [2.24, 2.45) is 3.77 Å². The molecule has 0 bridgehead atoms. The first-order chi connectivity index (χ1) is 8.51. The Morgan fingerprint density at radius 3 is 2.56 bits per heavy atom. The number of terminal acetylenes is 1. The second-order valence-corrected chi connectivity index (χ2v) is 5.54. The molecule has 0 fully saturated rings. The number of esters is 1. The van der Waals surface area contributed by atoms with Gasteiger partial charge in [-0.3, -0.25) is 0 Å². The Kier molecular flexibility index (Phi) is 5.07. The largest absolute Gasteiger partial charge is 0.449 e. The lowest BCUT2D eigenvalue weighted by Gasteiger charge is -2.02. The number of benzene rings is 1. The predicted molar refractivity (Wildman–Crippen MR) is 69.9 cm³/mol. The molecule has 0 N–H and O–H groups in total. The van der Waals surface area contributed by atoms with E-state index in [0.29, 0.717) is 11.6 Å². The zero-order valence-corrected chi connectivity index (χ0v) is 11.2. The van der Waals surface area contributed by atoms with Gasteiger partial charge >= 0.3 is 5.97 Å². The lowest BCUT2D eigenvalue weighted by Crippen LogP contribution is -2.05. The number of carbonyl (C=O) groups excluding carboxylic acids is 1. The van der Waals surface area contributed by atoms with Crippen molar-refractivity contribution in [2.75, 3.05) is 12.9 Å². The van der Waals surface area contributed by atoms with Crippen LogP contribution < -0.4 is 0 Å². The highest BCUT2D eigenvalue weighted by Gasteiger charge is 2.13. The summed E-state index contributed by atoms with van der Waals surface area (Å²) in [5.74, 6) is 1.57. The quantitative estimate of drug-likeness (QED) is 0.504. The Morgan fingerprint density at radius 2 is 2.06 bits per heavy atom. The van der Waals surface area contributed by atoms with E-state index in [4.69, 9.17) is 11.2 Å². The Morgan fingerprint density at radius 1 is 1.44 bits per heavy atom. The molecule has 0 atom stereocenters. The van der Waals surface area contributed by atoms with Crippen molar-refractivity contribution < 1.29 is 17.9 Å². The van der Waals surface area contributed by atoms with E-state index in [-0.39, 0.29) is 17.1 Å². The molecule has 0 aliphatic carbocycles. The topological polar surface area (TPSA) is 72.8 Å². The van der Waals surface area contributed by atoms with Crippen molar-refractivity contribution in [1.29, 1.82) is 0 Å². The summed E-state index contributed by atoms with van der Waals surface area (Å²) >= 11 is 0.399. The lowest BCUT2D eigenvalue weighted by atomic mass is 10.2. The highest BCUT2D eigenvalue weighted by molar-refractivity contribution is 7.94. The summed E-state index contributed by atoms with van der Waals surface area (Å²) in [6, 6.07) is 5.31. The van der Waals surface area contributed by atoms with Crippen LogP contribution in [-0.2, 0) is 26.3 Å². The number of carbonyl (C=O) groups is 1. The Balaban J connectivity index is 2.94. The summed E-state index contributed by atoms with van der Waals surface area (Å²) in [6.07, 6.45) is 6.55. The van der Waals surface area contributed by atoms with Crippen LogP contribution in [0.4, 0.5) is 0 Å². The van der Waals surface area contributed by atoms with Gasteiger partial charge < -0.3 is 4.74 Å². The summed E-state index contributed by atoms with van der Waals surface area (Å²) in [5.41, 5.74) is 0.234. The van der Waals surface area contributed by atoms with Gasteiger partial charge in [0.2, 0.25) is 0 Å². The molecule has 1 aromatic rings. The SMILES string of the molecule is C#CCOC(=O)c1ccc(S(=O)(=O)N=[SH]C)cc1. The van der Waals surface area contributed by atoms with Crippen LogP contribution in [0.1, 0.15) is 10.4 Å². The van der Waals surface area contributed by atoms with Crippen LogP contribution in [0.25, 0.3) is 0 Å². The highest BCUT2D eigenvalue weighted by atomic mass is 32.2. The van der Waals surface area contributed by atoms with Gasteiger partial charge in [-0.25, -0.2) is 4.79 Å². The van der Waals surface area contributed by atoms with E-state index in [1.54, 1.807) is 6.26 Å². The molecule has 0 unspecified atom stereocenters. The molecule has 0 aromatic heterocycles. The fourth-order valence-corrected chi connectivity index (χ4v) is 2.83. The number of rotatable bonds is 4. The number of hydrogen-bond donors (Lipinski definition) is 1. The summed E-state index contributed by atoms with van der Waals surface area (Å²) in [7, 11) is -3.64. The first-order valence-corrected chi connectivity index (χ1v) is 7.51. The maximum Gasteiger partial charge on any atom is 0.339 e. The predicted octanol–water partition coefficient (Wildman–Crippen LogP) is 0.794. The summed E-state index contributed by atoms with van der Waals surface area (Å²) in [6.45, 7) is -0.122. The molecule has 1 rings (SSSR count). The van der Waals surface area contributed by atoms with E-state index in [2.05, 4.69) is 9.69 Å². The van der Waals surface area contributed by atoms with E-state index in [1.807, 2.05) is 0 Å². The number of ether oxygens (including phenoxy) is 1. The molecule has 5 nitrogen and oxygen atoms in total. The molecule has 0 aliphatic rings. The molecule has 96 valence electrons. The lowest BCUT2D eigenvalue weighted by molar-refractivity contribution is 0.0556. The van der Waals surface area contributed by atoms with Gasteiger partial charge in [-0.05, 0) is 30.5 Å². The second-order valence-electron chi connectivity index (χ2n) is 3.06. The number of hydrogen-bond acceptors (Lipinski definition) is 4. The van der Waals surface area contributed by atoms with Gasteiger partial charge in [0.05, 0.1) is 10.5 Å². The fraction of sp³-hybridized carbons (Fsp3) is 0.182. The van der Waals surface area contributed by atoms with Crippen molar-refractivity contribution >= 4 is 27.6 Å².